The van der Waals surface area contributed by atoms with Crippen molar-refractivity contribution in [2.45, 2.75) is 13.8 Å². The Labute approximate surface area is 141 Å². The fourth-order valence-corrected chi connectivity index (χ4v) is 1.92. The quantitative estimate of drug-likeness (QED) is 0.822. The fourth-order valence-electron chi connectivity index (χ4n) is 1.71. The Morgan fingerprint density at radius 2 is 2.00 bits per heavy atom. The van der Waals surface area contributed by atoms with Crippen LogP contribution < -0.4 is 9.47 Å². The van der Waals surface area contributed by atoms with Gasteiger partial charge in [0.05, 0.1) is 18.4 Å². The first-order chi connectivity index (χ1) is 11.3. The molecule has 5 nitrogen and oxygen atoms in total. The summed E-state index contributed by atoms with van der Waals surface area (Å²) in [5.41, 5.74) is -0.784. The van der Waals surface area contributed by atoms with Crippen molar-refractivity contribution < 1.29 is 28.2 Å². The van der Waals surface area contributed by atoms with Crippen molar-refractivity contribution >= 4 is 17.6 Å². The molecule has 128 valence electrons. The number of benzene rings is 1. The molecule has 1 aromatic carbocycles. The summed E-state index contributed by atoms with van der Waals surface area (Å²) in [4.78, 5) is 14.7. The van der Waals surface area contributed by atoms with E-state index in [1.165, 1.54) is 12.3 Å². The van der Waals surface area contributed by atoms with Crippen LogP contribution in [0.1, 0.15) is 24.2 Å². The topological polar surface area (TPSA) is 68.7 Å². The van der Waals surface area contributed by atoms with Gasteiger partial charge in [0.2, 0.25) is 5.88 Å². The molecule has 0 aliphatic rings. The highest BCUT2D eigenvalue weighted by atomic mass is 35.5. The molecule has 0 unspecified atom stereocenters. The Hall–Kier alpha value is -2.41. The molecule has 0 saturated carbocycles. The van der Waals surface area contributed by atoms with E-state index in [9.17, 15) is 13.6 Å². The second-order valence-corrected chi connectivity index (χ2v) is 5.74. The Morgan fingerprint density at radius 3 is 2.58 bits per heavy atom. The number of carboxylic acid groups (broad SMARTS) is 1. The van der Waals surface area contributed by atoms with E-state index in [-0.39, 0.29) is 22.6 Å². The maximum Gasteiger partial charge on any atom is 0.338 e. The minimum atomic E-state index is -1.57. The van der Waals surface area contributed by atoms with E-state index in [1.807, 2.05) is 13.8 Å². The average molecular weight is 358 g/mol. The number of ether oxygens (including phenoxy) is 2. The molecule has 0 aliphatic carbocycles. The number of pyridine rings is 1. The van der Waals surface area contributed by atoms with Crippen LogP contribution in [0.15, 0.2) is 24.4 Å². The Morgan fingerprint density at radius 1 is 1.29 bits per heavy atom. The van der Waals surface area contributed by atoms with E-state index < -0.39 is 28.9 Å². The number of nitrogens with zero attached hydrogens (tertiary/aromatic N) is 1. The molecule has 0 amide bonds. The zero-order valence-electron chi connectivity index (χ0n) is 12.8. The van der Waals surface area contributed by atoms with E-state index >= 15 is 0 Å². The van der Waals surface area contributed by atoms with Crippen LogP contribution in [0.5, 0.6) is 17.4 Å². The second kappa shape index (κ2) is 7.44. The molecule has 0 saturated heterocycles. The lowest BCUT2D eigenvalue weighted by Crippen LogP contribution is -2.06. The average Bonchev–Trinajstić information content (AvgIpc) is 2.49. The normalized spacial score (nSPS) is 10.8. The number of hydrogen-bond acceptors (Lipinski definition) is 4. The molecule has 1 N–H and O–H groups in total. The van der Waals surface area contributed by atoms with Crippen LogP contribution in [0.4, 0.5) is 8.78 Å². The van der Waals surface area contributed by atoms with E-state index in [4.69, 9.17) is 26.2 Å². The van der Waals surface area contributed by atoms with E-state index in [2.05, 4.69) is 4.98 Å². The number of carbonyl (C=O) groups is 1. The van der Waals surface area contributed by atoms with E-state index in [0.717, 1.165) is 0 Å². The lowest BCUT2D eigenvalue weighted by molar-refractivity contribution is 0.0691. The van der Waals surface area contributed by atoms with Crippen molar-refractivity contribution in [3.05, 3.63) is 46.6 Å². The second-order valence-electron chi connectivity index (χ2n) is 5.33. The van der Waals surface area contributed by atoms with Gasteiger partial charge in [0.15, 0.2) is 11.6 Å². The van der Waals surface area contributed by atoms with E-state index in [1.54, 1.807) is 0 Å². The van der Waals surface area contributed by atoms with Gasteiger partial charge in [-0.05, 0) is 12.0 Å². The number of aromatic nitrogens is 1. The maximum absolute atomic E-state index is 13.8. The zero-order valence-corrected chi connectivity index (χ0v) is 13.6. The van der Waals surface area contributed by atoms with Gasteiger partial charge in [0.25, 0.3) is 0 Å². The summed E-state index contributed by atoms with van der Waals surface area (Å²) in [5.74, 6) is -3.66. The summed E-state index contributed by atoms with van der Waals surface area (Å²) in [5, 5.41) is 8.89. The number of hydrogen-bond donors (Lipinski definition) is 1. The molecule has 0 aliphatic heterocycles. The summed E-state index contributed by atoms with van der Waals surface area (Å²) in [6.07, 6.45) is 1.24. The molecule has 1 aromatic heterocycles. The highest BCUT2D eigenvalue weighted by Crippen LogP contribution is 2.31. The molecule has 2 rings (SSSR count). The predicted molar refractivity (Wildman–Crippen MR) is 83.0 cm³/mol. The van der Waals surface area contributed by atoms with Gasteiger partial charge < -0.3 is 14.6 Å². The highest BCUT2D eigenvalue weighted by molar-refractivity contribution is 6.31. The van der Waals surface area contributed by atoms with Crippen LogP contribution >= 0.6 is 11.6 Å². The summed E-state index contributed by atoms with van der Waals surface area (Å²) >= 11 is 6.00. The van der Waals surface area contributed by atoms with Crippen molar-refractivity contribution in [1.82, 2.24) is 4.98 Å². The Kier molecular flexibility index (Phi) is 5.56. The summed E-state index contributed by atoms with van der Waals surface area (Å²) in [6.45, 7) is 4.34. The minimum absolute atomic E-state index is 0.0540. The number of aromatic carboxylic acids is 1. The highest BCUT2D eigenvalue weighted by Gasteiger charge is 2.17. The Balaban J connectivity index is 2.21. The van der Waals surface area contributed by atoms with Gasteiger partial charge >= 0.3 is 5.97 Å². The first-order valence-electron chi connectivity index (χ1n) is 6.96. The van der Waals surface area contributed by atoms with Crippen LogP contribution in [-0.2, 0) is 0 Å². The number of carboxylic acids is 1. The maximum atomic E-state index is 13.8. The zero-order chi connectivity index (χ0) is 17.9. The van der Waals surface area contributed by atoms with Crippen molar-refractivity contribution in [3.63, 3.8) is 0 Å². The van der Waals surface area contributed by atoms with E-state index in [0.29, 0.717) is 18.7 Å². The van der Waals surface area contributed by atoms with Crippen molar-refractivity contribution in [2.24, 2.45) is 5.92 Å². The molecule has 1 heterocycles. The lowest BCUT2D eigenvalue weighted by Gasteiger charge is -2.11. The Bertz CT molecular complexity index is 768. The third-order valence-corrected chi connectivity index (χ3v) is 3.09. The molecule has 24 heavy (non-hydrogen) atoms. The molecule has 0 spiro atoms. The first-order valence-corrected chi connectivity index (χ1v) is 7.34. The van der Waals surface area contributed by atoms with Gasteiger partial charge in [-0.3, -0.25) is 0 Å². The van der Waals surface area contributed by atoms with Gasteiger partial charge in [-0.25, -0.2) is 18.6 Å². The molecule has 2 aromatic rings. The molecule has 0 radical (unpaired) electrons. The molecular formula is C16H14ClF2NO4. The molecular weight excluding hydrogens is 344 g/mol. The van der Waals surface area contributed by atoms with Gasteiger partial charge in [0.1, 0.15) is 16.6 Å². The van der Waals surface area contributed by atoms with Crippen molar-refractivity contribution in [3.8, 4) is 17.4 Å². The predicted octanol–water partition coefficient (Wildman–Crippen LogP) is 4.54. The molecule has 0 bridgehead atoms. The van der Waals surface area contributed by atoms with Crippen LogP contribution in [0, 0.1) is 17.6 Å². The molecule has 8 heteroatoms. The minimum Gasteiger partial charge on any atom is -0.478 e. The number of rotatable bonds is 6. The van der Waals surface area contributed by atoms with Crippen molar-refractivity contribution in [1.29, 1.82) is 0 Å². The van der Waals surface area contributed by atoms with Gasteiger partial charge in [0, 0.05) is 12.1 Å². The third kappa shape index (κ3) is 4.32. The van der Waals surface area contributed by atoms with Crippen LogP contribution in [0.3, 0.4) is 0 Å². The van der Waals surface area contributed by atoms with Crippen molar-refractivity contribution in [2.75, 3.05) is 6.61 Å². The molecule has 0 atom stereocenters. The van der Waals surface area contributed by atoms with Gasteiger partial charge in [-0.15, -0.1) is 0 Å². The largest absolute Gasteiger partial charge is 0.478 e. The standard InChI is InChI=1S/C16H14ClF2NO4/c1-8(2)7-23-15-11(17)3-9(6-20-15)24-14-5-12(18)10(16(21)22)4-13(14)19/h3-6,8H,7H2,1-2H3,(H,21,22). The van der Waals surface area contributed by atoms with Gasteiger partial charge in [-0.2, -0.15) is 0 Å². The number of halogens is 3. The first kappa shape index (κ1) is 17.9. The molecule has 0 fully saturated rings. The summed E-state index contributed by atoms with van der Waals surface area (Å²) in [6, 6.07) is 2.53. The fraction of sp³-hybridized carbons (Fsp3) is 0.250. The lowest BCUT2D eigenvalue weighted by atomic mass is 10.2. The van der Waals surface area contributed by atoms with Crippen LogP contribution in [-0.4, -0.2) is 22.7 Å². The smallest absolute Gasteiger partial charge is 0.338 e. The van der Waals surface area contributed by atoms with Crippen LogP contribution in [0.25, 0.3) is 0 Å². The third-order valence-electron chi connectivity index (χ3n) is 2.82. The summed E-state index contributed by atoms with van der Waals surface area (Å²) in [7, 11) is 0. The monoisotopic (exact) mass is 357 g/mol. The van der Waals surface area contributed by atoms with Gasteiger partial charge in [-0.1, -0.05) is 25.4 Å². The SMILES string of the molecule is CC(C)COc1ncc(Oc2cc(F)c(C(=O)O)cc2F)cc1Cl. The summed E-state index contributed by atoms with van der Waals surface area (Å²) < 4.78 is 38.0. The van der Waals surface area contributed by atoms with Crippen LogP contribution in [0.2, 0.25) is 5.02 Å².